The summed E-state index contributed by atoms with van der Waals surface area (Å²) in [6.07, 6.45) is 1.80. The van der Waals surface area contributed by atoms with Crippen LogP contribution in [-0.2, 0) is 21.4 Å². The van der Waals surface area contributed by atoms with Crippen molar-refractivity contribution < 1.29 is 17.9 Å². The Morgan fingerprint density at radius 3 is 2.28 bits per heavy atom. The zero-order valence-corrected chi connectivity index (χ0v) is 17.5. The van der Waals surface area contributed by atoms with E-state index >= 15 is 0 Å². The third-order valence-electron chi connectivity index (χ3n) is 4.99. The van der Waals surface area contributed by atoms with E-state index in [4.69, 9.17) is 4.74 Å². The molecule has 1 aliphatic heterocycles. The molecule has 8 heteroatoms. The third-order valence-corrected chi connectivity index (χ3v) is 6.90. The first kappa shape index (κ1) is 21.3. The van der Waals surface area contributed by atoms with Crippen LogP contribution in [0.1, 0.15) is 25.3 Å². The third kappa shape index (κ3) is 5.35. The lowest BCUT2D eigenvalue weighted by Crippen LogP contribution is -2.37. The Morgan fingerprint density at radius 1 is 1.07 bits per heavy atom. The van der Waals surface area contributed by atoms with Gasteiger partial charge in [-0.1, -0.05) is 12.1 Å². The number of sulfonamides is 1. The van der Waals surface area contributed by atoms with Crippen molar-refractivity contribution in [3.05, 3.63) is 54.1 Å². The summed E-state index contributed by atoms with van der Waals surface area (Å²) < 4.78 is 31.8. The molecular formula is C21H27N3O4S. The molecule has 2 N–H and O–H groups in total. The Balaban J connectivity index is 1.54. The second kappa shape index (κ2) is 9.39. The normalized spacial score (nSPS) is 15.8. The molecule has 2 aromatic carbocycles. The monoisotopic (exact) mass is 417 g/mol. The fourth-order valence-electron chi connectivity index (χ4n) is 3.15. The van der Waals surface area contributed by atoms with Crippen molar-refractivity contribution in [3.63, 3.8) is 0 Å². The molecule has 29 heavy (non-hydrogen) atoms. The van der Waals surface area contributed by atoms with Gasteiger partial charge in [-0.3, -0.25) is 4.79 Å². The Hall–Kier alpha value is -2.42. The van der Waals surface area contributed by atoms with E-state index in [0.717, 1.165) is 24.2 Å². The highest BCUT2D eigenvalue weighted by Gasteiger charge is 2.27. The smallest absolute Gasteiger partial charge is 0.243 e. The van der Waals surface area contributed by atoms with Crippen molar-refractivity contribution in [1.82, 2.24) is 9.62 Å². The summed E-state index contributed by atoms with van der Waals surface area (Å²) in [4.78, 5) is 12.7. The molecule has 0 saturated carbocycles. The minimum Gasteiger partial charge on any atom is -0.497 e. The van der Waals surface area contributed by atoms with Crippen molar-refractivity contribution in [2.45, 2.75) is 37.2 Å². The zero-order chi connectivity index (χ0) is 20.9. The minimum atomic E-state index is -3.45. The number of benzene rings is 2. The second-order valence-corrected chi connectivity index (χ2v) is 9.01. The van der Waals surface area contributed by atoms with Crippen LogP contribution >= 0.6 is 0 Å². The maximum absolute atomic E-state index is 12.6. The van der Waals surface area contributed by atoms with Gasteiger partial charge in [-0.25, -0.2) is 8.42 Å². The van der Waals surface area contributed by atoms with Gasteiger partial charge in [-0.05, 0) is 61.7 Å². The minimum absolute atomic E-state index is 0.186. The summed E-state index contributed by atoms with van der Waals surface area (Å²) in [7, 11) is -1.83. The van der Waals surface area contributed by atoms with Crippen molar-refractivity contribution in [2.75, 3.05) is 25.5 Å². The summed E-state index contributed by atoms with van der Waals surface area (Å²) in [5, 5.41) is 5.99. The van der Waals surface area contributed by atoms with Gasteiger partial charge in [0.2, 0.25) is 15.9 Å². The lowest BCUT2D eigenvalue weighted by molar-refractivity contribution is -0.117. The first-order valence-electron chi connectivity index (χ1n) is 9.67. The molecule has 1 amide bonds. The van der Waals surface area contributed by atoms with Gasteiger partial charge in [0.05, 0.1) is 18.0 Å². The predicted octanol–water partition coefficient (Wildman–Crippen LogP) is 2.60. The number of carbonyl (C=O) groups excluding carboxylic acids is 1. The maximum atomic E-state index is 12.6. The van der Waals surface area contributed by atoms with E-state index in [1.807, 2.05) is 24.3 Å². The maximum Gasteiger partial charge on any atom is 0.243 e. The Bertz CT molecular complexity index is 921. The number of nitrogens with one attached hydrogen (secondary N) is 2. The van der Waals surface area contributed by atoms with Crippen LogP contribution in [0.25, 0.3) is 0 Å². The first-order valence-corrected chi connectivity index (χ1v) is 11.1. The van der Waals surface area contributed by atoms with E-state index < -0.39 is 16.1 Å². The Kier molecular flexibility index (Phi) is 6.89. The number of anilines is 1. The number of carbonyl (C=O) groups is 1. The van der Waals surface area contributed by atoms with Gasteiger partial charge in [-0.15, -0.1) is 0 Å². The Morgan fingerprint density at radius 2 is 1.69 bits per heavy atom. The molecule has 1 saturated heterocycles. The van der Waals surface area contributed by atoms with Crippen LogP contribution in [0.5, 0.6) is 5.75 Å². The van der Waals surface area contributed by atoms with Crippen molar-refractivity contribution in [1.29, 1.82) is 0 Å². The van der Waals surface area contributed by atoms with Crippen LogP contribution < -0.4 is 15.4 Å². The van der Waals surface area contributed by atoms with Crippen LogP contribution in [0.4, 0.5) is 5.69 Å². The van der Waals surface area contributed by atoms with E-state index in [1.165, 1.54) is 4.31 Å². The lowest BCUT2D eigenvalue weighted by atomic mass is 10.2. The van der Waals surface area contributed by atoms with Crippen molar-refractivity contribution >= 4 is 21.6 Å². The van der Waals surface area contributed by atoms with E-state index in [-0.39, 0.29) is 10.8 Å². The highest BCUT2D eigenvalue weighted by atomic mass is 32.2. The molecule has 156 valence electrons. The topological polar surface area (TPSA) is 87.7 Å². The summed E-state index contributed by atoms with van der Waals surface area (Å²) in [5.41, 5.74) is 1.61. The molecule has 1 atom stereocenters. The molecule has 0 radical (unpaired) electrons. The molecule has 1 aliphatic rings. The van der Waals surface area contributed by atoms with E-state index in [0.29, 0.717) is 25.3 Å². The van der Waals surface area contributed by atoms with Gasteiger partial charge < -0.3 is 15.4 Å². The van der Waals surface area contributed by atoms with E-state index in [2.05, 4.69) is 10.6 Å². The standard InChI is InChI=1S/C21H27N3O4S/c1-16(22-15-17-5-9-19(28-2)10-6-17)21(25)23-18-7-11-20(12-8-18)29(26,27)24-13-3-4-14-24/h5-12,16,22H,3-4,13-15H2,1-2H3,(H,23,25). The number of rotatable bonds is 8. The quantitative estimate of drug-likeness (QED) is 0.689. The number of hydrogen-bond acceptors (Lipinski definition) is 5. The largest absolute Gasteiger partial charge is 0.497 e. The fourth-order valence-corrected chi connectivity index (χ4v) is 4.66. The summed E-state index contributed by atoms with van der Waals surface area (Å²) in [6.45, 7) is 3.47. The molecule has 0 aliphatic carbocycles. The van der Waals surface area contributed by atoms with Gasteiger partial charge in [-0.2, -0.15) is 4.31 Å². The molecule has 1 fully saturated rings. The fraction of sp³-hybridized carbons (Fsp3) is 0.381. The van der Waals surface area contributed by atoms with Gasteiger partial charge in [0.15, 0.2) is 0 Å². The van der Waals surface area contributed by atoms with Gasteiger partial charge in [0.1, 0.15) is 5.75 Å². The number of ether oxygens (including phenoxy) is 1. The SMILES string of the molecule is COc1ccc(CNC(C)C(=O)Nc2ccc(S(=O)(=O)N3CCCC3)cc2)cc1. The number of nitrogens with zero attached hydrogens (tertiary/aromatic N) is 1. The van der Waals surface area contributed by atoms with Crippen LogP contribution in [0, 0.1) is 0 Å². The van der Waals surface area contributed by atoms with Crippen LogP contribution in [0.2, 0.25) is 0 Å². The molecular weight excluding hydrogens is 390 g/mol. The summed E-state index contributed by atoms with van der Waals surface area (Å²) >= 11 is 0. The van der Waals surface area contributed by atoms with Crippen LogP contribution in [0.15, 0.2) is 53.4 Å². The summed E-state index contributed by atoms with van der Waals surface area (Å²) in [6, 6.07) is 13.5. The number of hydrogen-bond donors (Lipinski definition) is 2. The Labute approximate surface area is 172 Å². The predicted molar refractivity (Wildman–Crippen MR) is 112 cm³/mol. The number of amides is 1. The van der Waals surface area contributed by atoms with Gasteiger partial charge in [0, 0.05) is 25.3 Å². The molecule has 0 spiro atoms. The van der Waals surface area contributed by atoms with Crippen LogP contribution in [-0.4, -0.2) is 44.9 Å². The van der Waals surface area contributed by atoms with Crippen molar-refractivity contribution in [2.24, 2.45) is 0 Å². The highest BCUT2D eigenvalue weighted by molar-refractivity contribution is 7.89. The molecule has 0 bridgehead atoms. The average molecular weight is 418 g/mol. The van der Waals surface area contributed by atoms with E-state index in [9.17, 15) is 13.2 Å². The lowest BCUT2D eigenvalue weighted by Gasteiger charge is -2.16. The van der Waals surface area contributed by atoms with Crippen LogP contribution in [0.3, 0.4) is 0 Å². The number of methoxy groups -OCH3 is 1. The molecule has 3 rings (SSSR count). The van der Waals surface area contributed by atoms with Gasteiger partial charge >= 0.3 is 0 Å². The summed E-state index contributed by atoms with van der Waals surface area (Å²) in [5.74, 6) is 0.600. The zero-order valence-electron chi connectivity index (χ0n) is 16.7. The average Bonchev–Trinajstić information content (AvgIpc) is 3.28. The molecule has 7 nitrogen and oxygen atoms in total. The van der Waals surface area contributed by atoms with Crippen molar-refractivity contribution in [3.8, 4) is 5.75 Å². The molecule has 2 aromatic rings. The molecule has 0 aromatic heterocycles. The highest BCUT2D eigenvalue weighted by Crippen LogP contribution is 2.22. The molecule has 1 unspecified atom stereocenters. The molecule has 1 heterocycles. The second-order valence-electron chi connectivity index (χ2n) is 7.08. The van der Waals surface area contributed by atoms with Gasteiger partial charge in [0.25, 0.3) is 0 Å². The van der Waals surface area contributed by atoms with E-state index in [1.54, 1.807) is 38.3 Å². The first-order chi connectivity index (χ1) is 13.9.